The first-order valence-electron chi connectivity index (χ1n) is 21.1. The molecule has 1 saturated carbocycles. The minimum absolute atomic E-state index is 0.0870. The zero-order valence-corrected chi connectivity index (χ0v) is 36.7. The van der Waals surface area contributed by atoms with Gasteiger partial charge >= 0.3 is 12.1 Å². The number of amides is 1. The molecule has 0 atom stereocenters. The number of hydrogen-bond acceptors (Lipinski definition) is 10. The van der Waals surface area contributed by atoms with Gasteiger partial charge in [-0.2, -0.15) is 0 Å². The van der Waals surface area contributed by atoms with E-state index in [1.54, 1.807) is 58.1 Å². The molecule has 63 heavy (non-hydrogen) atoms. The lowest BCUT2D eigenvalue weighted by Gasteiger charge is -2.36. The molecule has 4 heterocycles. The van der Waals surface area contributed by atoms with Gasteiger partial charge in [0.05, 0.1) is 22.0 Å². The molecule has 1 amide bonds. The number of hydrogen-bond donors (Lipinski definition) is 0. The van der Waals surface area contributed by atoms with E-state index in [-0.39, 0.29) is 28.8 Å². The lowest BCUT2D eigenvalue weighted by atomic mass is 10.00. The van der Waals surface area contributed by atoms with Gasteiger partial charge in [-0.05, 0) is 111 Å². The number of piperazine rings is 1. The molecule has 2 fully saturated rings. The number of pyridine rings is 1. The van der Waals surface area contributed by atoms with Crippen molar-refractivity contribution in [2.24, 2.45) is 0 Å². The Bertz CT molecular complexity index is 3090. The summed E-state index contributed by atoms with van der Waals surface area (Å²) < 4.78 is 43.6. The van der Waals surface area contributed by atoms with E-state index in [0.29, 0.717) is 76.6 Å². The summed E-state index contributed by atoms with van der Waals surface area (Å²) in [5, 5.41) is 1.85. The highest BCUT2D eigenvalue weighted by atomic mass is 32.2. The summed E-state index contributed by atoms with van der Waals surface area (Å²) in [6, 6.07) is 29.4. The Morgan fingerprint density at radius 1 is 0.841 bits per heavy atom. The molecule has 0 bridgehead atoms. The Morgan fingerprint density at radius 2 is 1.57 bits per heavy atom. The van der Waals surface area contributed by atoms with Crippen LogP contribution in [0.2, 0.25) is 0 Å². The van der Waals surface area contributed by atoms with E-state index in [0.717, 1.165) is 29.5 Å². The number of aryl methyl sites for hydroxylation is 1. The molecule has 1 aliphatic heterocycles. The van der Waals surface area contributed by atoms with Crippen LogP contribution in [0.25, 0.3) is 50.0 Å². The first kappa shape index (κ1) is 41.5. The van der Waals surface area contributed by atoms with Crippen LogP contribution < -0.4 is 10.5 Å². The van der Waals surface area contributed by atoms with Gasteiger partial charge in [0.1, 0.15) is 18.5 Å². The second-order valence-corrected chi connectivity index (χ2v) is 19.1. The Kier molecular flexibility index (Phi) is 10.7. The van der Waals surface area contributed by atoms with Gasteiger partial charge in [-0.1, -0.05) is 54.1 Å². The van der Waals surface area contributed by atoms with Gasteiger partial charge in [-0.15, -0.1) is 0 Å². The highest BCUT2D eigenvalue weighted by Gasteiger charge is 2.30. The number of rotatable bonds is 9. The minimum atomic E-state index is -4.24. The number of nitrogens with zero attached hydrogens (tertiary/aromatic N) is 6. The molecule has 2 aliphatic rings. The molecule has 0 spiro atoms. The summed E-state index contributed by atoms with van der Waals surface area (Å²) in [5.74, 6) is 0.0308. The number of carbonyl (C=O) groups excluding carboxylic acids is 2. The van der Waals surface area contributed by atoms with Gasteiger partial charge < -0.3 is 19.3 Å². The molecule has 9 rings (SSSR count). The predicted octanol–water partition coefficient (Wildman–Crippen LogP) is 8.61. The lowest BCUT2D eigenvalue weighted by Crippen LogP contribution is -2.50. The summed E-state index contributed by atoms with van der Waals surface area (Å²) in [7, 11) is -4.24. The van der Waals surface area contributed by atoms with Crippen LogP contribution in [-0.4, -0.2) is 75.7 Å². The third-order valence-corrected chi connectivity index (χ3v) is 13.4. The summed E-state index contributed by atoms with van der Waals surface area (Å²) in [6.07, 6.45) is 5.03. The van der Waals surface area contributed by atoms with Gasteiger partial charge in [-0.25, -0.2) is 27.2 Å². The lowest BCUT2D eigenvalue weighted by molar-refractivity contribution is -0.142. The smallest absolute Gasteiger partial charge is 0.410 e. The molecule has 14 heteroatoms. The molecule has 1 aliphatic carbocycles. The van der Waals surface area contributed by atoms with E-state index in [1.165, 1.54) is 22.8 Å². The summed E-state index contributed by atoms with van der Waals surface area (Å²) >= 11 is 0. The average molecular weight is 865 g/mol. The van der Waals surface area contributed by atoms with Crippen LogP contribution in [0.1, 0.15) is 63.1 Å². The van der Waals surface area contributed by atoms with Crippen LogP contribution in [0.5, 0.6) is 0 Å². The zero-order chi connectivity index (χ0) is 44.2. The maximum Gasteiger partial charge on any atom is 0.410 e. The fourth-order valence-corrected chi connectivity index (χ4v) is 9.74. The third kappa shape index (κ3) is 8.18. The molecule has 13 nitrogen and oxygen atoms in total. The van der Waals surface area contributed by atoms with Crippen molar-refractivity contribution in [3.05, 3.63) is 137 Å². The highest BCUT2D eigenvalue weighted by molar-refractivity contribution is 7.90. The molecular formula is C49H48N6O7S. The summed E-state index contributed by atoms with van der Waals surface area (Å²) in [4.78, 5) is 52.5. The maximum atomic E-state index is 14.8. The molecule has 0 radical (unpaired) electrons. The van der Waals surface area contributed by atoms with Crippen molar-refractivity contribution >= 4 is 49.6 Å². The van der Waals surface area contributed by atoms with Crippen LogP contribution >= 0.6 is 0 Å². The monoisotopic (exact) mass is 864 g/mol. The fourth-order valence-electron chi connectivity index (χ4n) is 8.26. The molecule has 0 N–H and O–H groups in total. The largest absolute Gasteiger partial charge is 0.461 e. The highest BCUT2D eigenvalue weighted by Crippen LogP contribution is 2.41. The van der Waals surface area contributed by atoms with Gasteiger partial charge in [0.25, 0.3) is 15.6 Å². The van der Waals surface area contributed by atoms with Crippen LogP contribution in [0, 0.1) is 6.92 Å². The Labute approximate surface area is 365 Å². The fraction of sp³-hybridized carbons (Fsp3) is 0.286. The van der Waals surface area contributed by atoms with Crippen molar-refractivity contribution in [2.75, 3.05) is 31.1 Å². The Balaban J connectivity index is 1.15. The molecule has 322 valence electrons. The van der Waals surface area contributed by atoms with E-state index in [1.807, 2.05) is 76.2 Å². The topological polar surface area (TPSA) is 146 Å². The third-order valence-electron chi connectivity index (χ3n) is 11.6. The number of aromatic nitrogens is 4. The Morgan fingerprint density at radius 3 is 2.25 bits per heavy atom. The number of fused-ring (bicyclic) bond motifs is 2. The Hall–Kier alpha value is -6.80. The van der Waals surface area contributed by atoms with Gasteiger partial charge in [-0.3, -0.25) is 14.2 Å². The number of benzene rings is 4. The van der Waals surface area contributed by atoms with E-state index in [2.05, 4.69) is 16.0 Å². The van der Waals surface area contributed by atoms with Crippen molar-refractivity contribution in [3.8, 4) is 28.2 Å². The summed E-state index contributed by atoms with van der Waals surface area (Å²) in [5.41, 5.74) is 5.32. The van der Waals surface area contributed by atoms with E-state index in [9.17, 15) is 22.8 Å². The molecule has 1 saturated heterocycles. The normalized spacial score (nSPS) is 14.6. The molecule has 0 unspecified atom stereocenters. The first-order chi connectivity index (χ1) is 30.2. The van der Waals surface area contributed by atoms with Crippen molar-refractivity contribution in [1.29, 1.82) is 0 Å². The second kappa shape index (κ2) is 16.2. The minimum Gasteiger partial charge on any atom is -0.461 e. The number of esters is 1. The van der Waals surface area contributed by atoms with Crippen molar-refractivity contribution in [3.63, 3.8) is 0 Å². The quantitative estimate of drug-likeness (QED) is 0.129. The van der Waals surface area contributed by atoms with Crippen molar-refractivity contribution < 1.29 is 27.5 Å². The number of anilines is 1. The first-order valence-corrected chi connectivity index (χ1v) is 22.5. The van der Waals surface area contributed by atoms with E-state index >= 15 is 0 Å². The van der Waals surface area contributed by atoms with Crippen molar-refractivity contribution in [2.45, 2.75) is 70.5 Å². The van der Waals surface area contributed by atoms with Gasteiger partial charge in [0.2, 0.25) is 0 Å². The van der Waals surface area contributed by atoms with Crippen LogP contribution in [0.4, 0.5) is 10.5 Å². The molecule has 3 aromatic heterocycles. The second-order valence-electron chi connectivity index (χ2n) is 17.3. The molecule has 4 aromatic carbocycles. The average Bonchev–Trinajstić information content (AvgIpc) is 4.04. The van der Waals surface area contributed by atoms with Crippen molar-refractivity contribution in [1.82, 2.24) is 23.4 Å². The standard InChI is InChI=1S/C49H48N6O7S/c1-31-9-18-38(19-10-31)63(59,60)55-44(34-13-16-37(17-14-34)52-23-25-53(26-24-52)48(58)62-49(3,4)5)28-41-45(50-30-51-46(41)55)40-7-6-8-43(42(40)29-61-32(2)56)54-22-21-36-27-35(33-11-12-33)15-20-39(36)47(54)57/h6-10,13-22,27-28,30,33H,11-12,23-26,29H2,1-5H3. The van der Waals surface area contributed by atoms with Gasteiger partial charge in [0, 0.05) is 66.9 Å². The van der Waals surface area contributed by atoms with Crippen LogP contribution in [0.3, 0.4) is 0 Å². The van der Waals surface area contributed by atoms with Gasteiger partial charge in [0.15, 0.2) is 5.65 Å². The zero-order valence-electron chi connectivity index (χ0n) is 35.9. The van der Waals surface area contributed by atoms with E-state index in [4.69, 9.17) is 14.5 Å². The van der Waals surface area contributed by atoms with Crippen LogP contribution in [-0.2, 0) is 30.9 Å². The van der Waals surface area contributed by atoms with Crippen LogP contribution in [0.15, 0.2) is 119 Å². The summed E-state index contributed by atoms with van der Waals surface area (Å²) in [6.45, 7) is 10.8. The molecular weight excluding hydrogens is 817 g/mol. The SMILES string of the molecule is CC(=O)OCc1c(-c2ncnc3c2cc(-c2ccc(N4CCN(C(=O)OC(C)(C)C)CC4)cc2)n3S(=O)(=O)c2ccc(C)cc2)cccc1-n1ccc2cc(C3CC3)ccc2c1=O. The molecule has 7 aromatic rings. The number of carbonyl (C=O) groups is 2. The maximum absolute atomic E-state index is 14.8. The van der Waals surface area contributed by atoms with E-state index < -0.39 is 21.6 Å². The predicted molar refractivity (Wildman–Crippen MR) is 243 cm³/mol. The number of ether oxygens (including phenoxy) is 2.